The van der Waals surface area contributed by atoms with Gasteiger partial charge in [0.25, 0.3) is 0 Å². The normalized spacial score (nSPS) is 15.3. The third-order valence-corrected chi connectivity index (χ3v) is 2.34. The second-order valence-electron chi connectivity index (χ2n) is 4.01. The standard InChI is InChI=1S/C10H18N2O8/c13-6(10(19)20)1-2-11-5(9(17)18)3-7(14)12-4-8(15)16/h5-7,11-14H,1-4H2,(H,15,16)(H,17,18)(H,19,20). The van der Waals surface area contributed by atoms with Crippen LogP contribution in [0.3, 0.4) is 0 Å². The first-order chi connectivity index (χ1) is 9.23. The molecule has 0 aromatic rings. The monoisotopic (exact) mass is 294 g/mol. The van der Waals surface area contributed by atoms with E-state index < -0.39 is 42.8 Å². The molecular formula is C10H18N2O8. The molecule has 3 unspecified atom stereocenters. The first-order valence-electron chi connectivity index (χ1n) is 5.74. The van der Waals surface area contributed by atoms with Crippen LogP contribution in [0.2, 0.25) is 0 Å². The van der Waals surface area contributed by atoms with Gasteiger partial charge in [-0.05, 0) is 13.0 Å². The van der Waals surface area contributed by atoms with Crippen molar-refractivity contribution in [2.24, 2.45) is 0 Å². The average molecular weight is 294 g/mol. The van der Waals surface area contributed by atoms with Crippen molar-refractivity contribution in [1.82, 2.24) is 10.6 Å². The maximum absolute atomic E-state index is 10.9. The van der Waals surface area contributed by atoms with Crippen LogP contribution in [0.15, 0.2) is 0 Å². The van der Waals surface area contributed by atoms with Crippen molar-refractivity contribution in [2.75, 3.05) is 13.1 Å². The molecule has 0 saturated carbocycles. The first kappa shape index (κ1) is 18.2. The molecule has 0 aliphatic heterocycles. The number of aliphatic carboxylic acids is 3. The number of hydrogen-bond donors (Lipinski definition) is 7. The van der Waals surface area contributed by atoms with Crippen molar-refractivity contribution in [3.05, 3.63) is 0 Å². The summed E-state index contributed by atoms with van der Waals surface area (Å²) < 4.78 is 0. The lowest BCUT2D eigenvalue weighted by atomic mass is 10.1. The van der Waals surface area contributed by atoms with E-state index in [9.17, 15) is 19.5 Å². The molecule has 0 bridgehead atoms. The minimum absolute atomic E-state index is 0.0872. The van der Waals surface area contributed by atoms with Crippen molar-refractivity contribution in [2.45, 2.75) is 31.2 Å². The van der Waals surface area contributed by atoms with Crippen molar-refractivity contribution in [3.63, 3.8) is 0 Å². The van der Waals surface area contributed by atoms with Gasteiger partial charge in [-0.15, -0.1) is 0 Å². The van der Waals surface area contributed by atoms with Gasteiger partial charge in [0.2, 0.25) is 0 Å². The van der Waals surface area contributed by atoms with E-state index in [2.05, 4.69) is 10.6 Å². The Balaban J connectivity index is 4.13. The van der Waals surface area contributed by atoms with Crippen molar-refractivity contribution < 1.29 is 39.9 Å². The van der Waals surface area contributed by atoms with Crippen LogP contribution in [-0.2, 0) is 14.4 Å². The maximum Gasteiger partial charge on any atom is 0.332 e. The second kappa shape index (κ2) is 9.20. The summed E-state index contributed by atoms with van der Waals surface area (Å²) in [5.41, 5.74) is 0. The summed E-state index contributed by atoms with van der Waals surface area (Å²) in [4.78, 5) is 31.5. The summed E-state index contributed by atoms with van der Waals surface area (Å²) in [6.07, 6.45) is -3.46. The highest BCUT2D eigenvalue weighted by Gasteiger charge is 2.22. The molecular weight excluding hydrogens is 276 g/mol. The fourth-order valence-electron chi connectivity index (χ4n) is 1.30. The molecule has 0 fully saturated rings. The Morgan fingerprint density at radius 2 is 1.55 bits per heavy atom. The minimum Gasteiger partial charge on any atom is -0.480 e. The van der Waals surface area contributed by atoms with Gasteiger partial charge >= 0.3 is 17.9 Å². The van der Waals surface area contributed by atoms with Crippen molar-refractivity contribution in [3.8, 4) is 0 Å². The van der Waals surface area contributed by atoms with Gasteiger partial charge in [0.1, 0.15) is 12.3 Å². The molecule has 10 heteroatoms. The number of carbonyl (C=O) groups is 3. The van der Waals surface area contributed by atoms with Crippen LogP contribution < -0.4 is 10.6 Å². The van der Waals surface area contributed by atoms with Gasteiger partial charge in [0, 0.05) is 6.42 Å². The van der Waals surface area contributed by atoms with Crippen molar-refractivity contribution >= 4 is 17.9 Å². The molecule has 0 aromatic heterocycles. The van der Waals surface area contributed by atoms with Crippen molar-refractivity contribution in [1.29, 1.82) is 0 Å². The van der Waals surface area contributed by atoms with Gasteiger partial charge in [-0.3, -0.25) is 14.9 Å². The molecule has 7 N–H and O–H groups in total. The molecule has 0 aliphatic carbocycles. The number of rotatable bonds is 11. The molecule has 0 heterocycles. The Morgan fingerprint density at radius 1 is 0.950 bits per heavy atom. The van der Waals surface area contributed by atoms with Gasteiger partial charge in [-0.25, -0.2) is 4.79 Å². The Bertz CT molecular complexity index is 348. The average Bonchev–Trinajstić information content (AvgIpc) is 2.34. The summed E-state index contributed by atoms with van der Waals surface area (Å²) in [6.45, 7) is -0.610. The summed E-state index contributed by atoms with van der Waals surface area (Å²) in [5, 5.41) is 48.7. The lowest BCUT2D eigenvalue weighted by molar-refractivity contribution is -0.146. The molecule has 0 radical (unpaired) electrons. The highest BCUT2D eigenvalue weighted by atomic mass is 16.4. The van der Waals surface area contributed by atoms with Crippen LogP contribution in [0.5, 0.6) is 0 Å². The van der Waals surface area contributed by atoms with E-state index in [0.717, 1.165) is 0 Å². The summed E-state index contributed by atoms with van der Waals surface area (Å²) in [5.74, 6) is -3.90. The van der Waals surface area contributed by atoms with Crippen LogP contribution in [0.1, 0.15) is 12.8 Å². The second-order valence-corrected chi connectivity index (χ2v) is 4.01. The molecule has 0 saturated heterocycles. The van der Waals surface area contributed by atoms with Crippen LogP contribution >= 0.6 is 0 Å². The lowest BCUT2D eigenvalue weighted by Gasteiger charge is -2.18. The number of hydrogen-bond acceptors (Lipinski definition) is 7. The van der Waals surface area contributed by atoms with Gasteiger partial charge in [-0.2, -0.15) is 0 Å². The fraction of sp³-hybridized carbons (Fsp3) is 0.700. The van der Waals surface area contributed by atoms with E-state index in [0.29, 0.717) is 0 Å². The molecule has 0 aromatic carbocycles. The molecule has 10 nitrogen and oxygen atoms in total. The number of aliphatic hydroxyl groups is 2. The Morgan fingerprint density at radius 3 is 2.00 bits per heavy atom. The number of carboxylic acids is 3. The predicted octanol–water partition coefficient (Wildman–Crippen LogP) is -2.75. The smallest absolute Gasteiger partial charge is 0.332 e. The molecule has 20 heavy (non-hydrogen) atoms. The van der Waals surface area contributed by atoms with E-state index in [1.165, 1.54) is 0 Å². The van der Waals surface area contributed by atoms with Gasteiger partial charge in [0.15, 0.2) is 6.10 Å². The van der Waals surface area contributed by atoms with Crippen LogP contribution in [0.4, 0.5) is 0 Å². The van der Waals surface area contributed by atoms with Gasteiger partial charge in [-0.1, -0.05) is 0 Å². The number of carboxylic acid groups (broad SMARTS) is 3. The summed E-state index contributed by atoms with van der Waals surface area (Å²) in [6, 6.07) is -1.20. The number of nitrogens with one attached hydrogen (secondary N) is 2. The van der Waals surface area contributed by atoms with E-state index in [-0.39, 0.29) is 19.4 Å². The van der Waals surface area contributed by atoms with E-state index in [1.54, 1.807) is 0 Å². The zero-order valence-corrected chi connectivity index (χ0v) is 10.5. The third-order valence-electron chi connectivity index (χ3n) is 2.34. The Hall–Kier alpha value is -1.75. The van der Waals surface area contributed by atoms with Crippen LogP contribution in [0, 0.1) is 0 Å². The summed E-state index contributed by atoms with van der Waals surface area (Å²) in [7, 11) is 0. The molecule has 3 atom stereocenters. The number of aliphatic hydroxyl groups excluding tert-OH is 2. The third kappa shape index (κ3) is 8.37. The molecule has 0 rings (SSSR count). The Kier molecular flexibility index (Phi) is 8.40. The largest absolute Gasteiger partial charge is 0.480 e. The van der Waals surface area contributed by atoms with Gasteiger partial charge in [0.05, 0.1) is 6.54 Å². The summed E-state index contributed by atoms with van der Waals surface area (Å²) >= 11 is 0. The maximum atomic E-state index is 10.9. The first-order valence-corrected chi connectivity index (χ1v) is 5.74. The highest BCUT2D eigenvalue weighted by molar-refractivity contribution is 5.73. The van der Waals surface area contributed by atoms with Crippen LogP contribution in [-0.4, -0.2) is 74.9 Å². The zero-order chi connectivity index (χ0) is 15.7. The van der Waals surface area contributed by atoms with E-state index in [1.807, 2.05) is 0 Å². The van der Waals surface area contributed by atoms with Crippen LogP contribution in [0.25, 0.3) is 0 Å². The predicted molar refractivity (Wildman–Crippen MR) is 63.9 cm³/mol. The SMILES string of the molecule is O=C(O)CNC(O)CC(NCCC(O)C(=O)O)C(=O)O. The minimum atomic E-state index is -1.60. The molecule has 116 valence electrons. The quantitative estimate of drug-likeness (QED) is 0.198. The highest BCUT2D eigenvalue weighted by Crippen LogP contribution is 1.98. The molecule has 0 amide bonds. The molecule has 0 spiro atoms. The Labute approximate surface area is 114 Å². The lowest BCUT2D eigenvalue weighted by Crippen LogP contribution is -2.45. The topological polar surface area (TPSA) is 176 Å². The zero-order valence-electron chi connectivity index (χ0n) is 10.5. The van der Waals surface area contributed by atoms with E-state index >= 15 is 0 Å². The fourth-order valence-corrected chi connectivity index (χ4v) is 1.30. The van der Waals surface area contributed by atoms with Gasteiger partial charge < -0.3 is 30.8 Å². The van der Waals surface area contributed by atoms with E-state index in [4.69, 9.17) is 20.4 Å². The molecule has 0 aliphatic rings.